The number of imidazole rings is 1. The number of pyridine rings is 1. The molecule has 3 N–H and O–H groups in total. The SMILES string of the molecule is Cc1nccn1-c1ccc(CNC(=O)CCC(C)N)cn1. The van der Waals surface area contributed by atoms with Gasteiger partial charge in [-0.2, -0.15) is 0 Å². The van der Waals surface area contributed by atoms with Gasteiger partial charge in [-0.1, -0.05) is 6.07 Å². The molecule has 0 aliphatic carbocycles. The third-order valence-corrected chi connectivity index (χ3v) is 3.20. The lowest BCUT2D eigenvalue weighted by Gasteiger charge is -2.08. The normalized spacial score (nSPS) is 12.1. The maximum atomic E-state index is 11.6. The van der Waals surface area contributed by atoms with Crippen molar-refractivity contribution in [2.45, 2.75) is 39.3 Å². The third-order valence-electron chi connectivity index (χ3n) is 3.20. The largest absolute Gasteiger partial charge is 0.352 e. The van der Waals surface area contributed by atoms with Gasteiger partial charge in [-0.15, -0.1) is 0 Å². The van der Waals surface area contributed by atoms with Gasteiger partial charge in [0.1, 0.15) is 11.6 Å². The van der Waals surface area contributed by atoms with Crippen LogP contribution >= 0.6 is 0 Å². The lowest BCUT2D eigenvalue weighted by Crippen LogP contribution is -2.25. The van der Waals surface area contributed by atoms with E-state index in [0.717, 1.165) is 17.2 Å². The Morgan fingerprint density at radius 1 is 1.43 bits per heavy atom. The zero-order chi connectivity index (χ0) is 15.2. The average molecular weight is 287 g/mol. The van der Waals surface area contributed by atoms with E-state index in [-0.39, 0.29) is 11.9 Å². The quantitative estimate of drug-likeness (QED) is 0.839. The second kappa shape index (κ2) is 6.99. The molecule has 1 atom stereocenters. The van der Waals surface area contributed by atoms with Gasteiger partial charge in [0, 0.05) is 37.6 Å². The van der Waals surface area contributed by atoms with E-state index in [9.17, 15) is 4.79 Å². The molecule has 2 aromatic heterocycles. The number of aromatic nitrogens is 3. The second-order valence-corrected chi connectivity index (χ2v) is 5.16. The lowest BCUT2D eigenvalue weighted by molar-refractivity contribution is -0.121. The third kappa shape index (κ3) is 4.39. The summed E-state index contributed by atoms with van der Waals surface area (Å²) in [6.07, 6.45) is 6.53. The maximum Gasteiger partial charge on any atom is 0.220 e. The highest BCUT2D eigenvalue weighted by Gasteiger charge is 2.05. The first-order valence-electron chi connectivity index (χ1n) is 7.04. The fourth-order valence-corrected chi connectivity index (χ4v) is 1.93. The van der Waals surface area contributed by atoms with E-state index in [1.54, 1.807) is 12.4 Å². The minimum atomic E-state index is 0.0156. The van der Waals surface area contributed by atoms with Crippen molar-refractivity contribution in [2.75, 3.05) is 0 Å². The summed E-state index contributed by atoms with van der Waals surface area (Å²) in [4.78, 5) is 20.2. The van der Waals surface area contributed by atoms with Crippen molar-refractivity contribution in [2.24, 2.45) is 5.73 Å². The number of hydrogen-bond acceptors (Lipinski definition) is 4. The molecule has 112 valence electrons. The number of rotatable bonds is 6. The molecule has 2 aromatic rings. The summed E-state index contributed by atoms with van der Waals surface area (Å²) in [6.45, 7) is 4.30. The number of carbonyl (C=O) groups is 1. The molecular formula is C15H21N5O. The molecule has 0 saturated heterocycles. The molecule has 2 rings (SSSR count). The molecule has 6 nitrogen and oxygen atoms in total. The summed E-state index contributed by atoms with van der Waals surface area (Å²) in [6, 6.07) is 3.92. The van der Waals surface area contributed by atoms with Crippen molar-refractivity contribution in [3.05, 3.63) is 42.1 Å². The molecule has 0 bridgehead atoms. The number of nitrogens with two attached hydrogens (primary N) is 1. The first-order chi connectivity index (χ1) is 10.1. The Hall–Kier alpha value is -2.21. The molecular weight excluding hydrogens is 266 g/mol. The Bertz CT molecular complexity index is 588. The summed E-state index contributed by atoms with van der Waals surface area (Å²) in [5, 5.41) is 2.87. The summed E-state index contributed by atoms with van der Waals surface area (Å²) in [5.41, 5.74) is 6.59. The van der Waals surface area contributed by atoms with Crippen LogP contribution in [0.15, 0.2) is 30.7 Å². The molecule has 21 heavy (non-hydrogen) atoms. The van der Waals surface area contributed by atoms with Crippen LogP contribution in [-0.2, 0) is 11.3 Å². The predicted molar refractivity (Wildman–Crippen MR) is 80.8 cm³/mol. The first kappa shape index (κ1) is 15.2. The standard InChI is InChI=1S/C15H21N5O/c1-11(16)3-6-15(21)19-10-13-4-5-14(18-9-13)20-8-7-17-12(20)2/h4-5,7-9,11H,3,6,10,16H2,1-2H3,(H,19,21). The van der Waals surface area contributed by atoms with E-state index in [0.29, 0.717) is 19.4 Å². The Morgan fingerprint density at radius 3 is 2.81 bits per heavy atom. The van der Waals surface area contributed by atoms with Gasteiger partial charge in [0.15, 0.2) is 0 Å². The fraction of sp³-hybridized carbons (Fsp3) is 0.400. The van der Waals surface area contributed by atoms with E-state index < -0.39 is 0 Å². The Morgan fingerprint density at radius 2 is 2.24 bits per heavy atom. The van der Waals surface area contributed by atoms with Gasteiger partial charge in [-0.05, 0) is 31.9 Å². The molecule has 0 aromatic carbocycles. The van der Waals surface area contributed by atoms with Crippen LogP contribution < -0.4 is 11.1 Å². The highest BCUT2D eigenvalue weighted by atomic mass is 16.1. The van der Waals surface area contributed by atoms with Crippen molar-refractivity contribution in [1.29, 1.82) is 0 Å². The molecule has 0 fully saturated rings. The van der Waals surface area contributed by atoms with Gasteiger partial charge in [-0.25, -0.2) is 9.97 Å². The molecule has 0 saturated carbocycles. The fourth-order valence-electron chi connectivity index (χ4n) is 1.93. The molecule has 0 radical (unpaired) electrons. The van der Waals surface area contributed by atoms with Crippen LogP contribution in [0.2, 0.25) is 0 Å². The van der Waals surface area contributed by atoms with Gasteiger partial charge >= 0.3 is 0 Å². The van der Waals surface area contributed by atoms with Crippen LogP contribution in [-0.4, -0.2) is 26.5 Å². The van der Waals surface area contributed by atoms with Crippen LogP contribution in [0, 0.1) is 6.92 Å². The molecule has 6 heteroatoms. The van der Waals surface area contributed by atoms with E-state index in [1.807, 2.05) is 36.7 Å². The van der Waals surface area contributed by atoms with E-state index in [2.05, 4.69) is 15.3 Å². The number of nitrogens with one attached hydrogen (secondary N) is 1. The van der Waals surface area contributed by atoms with Crippen molar-refractivity contribution in [3.8, 4) is 5.82 Å². The zero-order valence-corrected chi connectivity index (χ0v) is 12.4. The van der Waals surface area contributed by atoms with Gasteiger partial charge < -0.3 is 11.1 Å². The average Bonchev–Trinajstić information content (AvgIpc) is 2.89. The predicted octanol–water partition coefficient (Wildman–Crippen LogP) is 1.32. The zero-order valence-electron chi connectivity index (χ0n) is 12.4. The number of carbonyl (C=O) groups excluding carboxylic acids is 1. The van der Waals surface area contributed by atoms with Crippen molar-refractivity contribution in [1.82, 2.24) is 19.9 Å². The molecule has 2 heterocycles. The van der Waals surface area contributed by atoms with Crippen LogP contribution in [0.5, 0.6) is 0 Å². The van der Waals surface area contributed by atoms with Crippen molar-refractivity contribution < 1.29 is 4.79 Å². The van der Waals surface area contributed by atoms with Gasteiger partial charge in [-0.3, -0.25) is 9.36 Å². The highest BCUT2D eigenvalue weighted by molar-refractivity contribution is 5.75. The second-order valence-electron chi connectivity index (χ2n) is 5.16. The summed E-state index contributed by atoms with van der Waals surface area (Å²) >= 11 is 0. The topological polar surface area (TPSA) is 85.8 Å². The summed E-state index contributed by atoms with van der Waals surface area (Å²) in [5.74, 6) is 1.72. The Kier molecular flexibility index (Phi) is 5.05. The summed E-state index contributed by atoms with van der Waals surface area (Å²) < 4.78 is 1.91. The molecule has 0 aliphatic rings. The lowest BCUT2D eigenvalue weighted by atomic mass is 10.2. The highest BCUT2D eigenvalue weighted by Crippen LogP contribution is 2.08. The van der Waals surface area contributed by atoms with Gasteiger partial charge in [0.05, 0.1) is 0 Å². The number of aryl methyl sites for hydroxylation is 1. The maximum absolute atomic E-state index is 11.6. The van der Waals surface area contributed by atoms with Crippen LogP contribution in [0.25, 0.3) is 5.82 Å². The van der Waals surface area contributed by atoms with Crippen LogP contribution in [0.3, 0.4) is 0 Å². The van der Waals surface area contributed by atoms with Gasteiger partial charge in [0.25, 0.3) is 0 Å². The molecule has 1 unspecified atom stereocenters. The smallest absolute Gasteiger partial charge is 0.220 e. The minimum Gasteiger partial charge on any atom is -0.352 e. The number of hydrogen-bond donors (Lipinski definition) is 2. The van der Waals surface area contributed by atoms with Crippen LogP contribution in [0.4, 0.5) is 0 Å². The minimum absolute atomic E-state index is 0.0156. The van der Waals surface area contributed by atoms with E-state index in [1.165, 1.54) is 0 Å². The van der Waals surface area contributed by atoms with Crippen molar-refractivity contribution in [3.63, 3.8) is 0 Å². The number of nitrogens with zero attached hydrogens (tertiary/aromatic N) is 3. The number of amides is 1. The first-order valence-corrected chi connectivity index (χ1v) is 7.04. The Balaban J connectivity index is 1.88. The molecule has 1 amide bonds. The van der Waals surface area contributed by atoms with Crippen molar-refractivity contribution >= 4 is 5.91 Å². The Labute approximate surface area is 124 Å². The molecule has 0 spiro atoms. The van der Waals surface area contributed by atoms with E-state index in [4.69, 9.17) is 5.73 Å². The van der Waals surface area contributed by atoms with E-state index >= 15 is 0 Å². The van der Waals surface area contributed by atoms with Gasteiger partial charge in [0.2, 0.25) is 5.91 Å². The molecule has 0 aliphatic heterocycles. The monoisotopic (exact) mass is 287 g/mol. The van der Waals surface area contributed by atoms with Crippen LogP contribution in [0.1, 0.15) is 31.2 Å². The summed E-state index contributed by atoms with van der Waals surface area (Å²) in [7, 11) is 0.